The predicted octanol–water partition coefficient (Wildman–Crippen LogP) is 0.658. The van der Waals surface area contributed by atoms with Gasteiger partial charge in [-0.2, -0.15) is 0 Å². The number of carbonyl (C=O) groups is 1. The second kappa shape index (κ2) is 7.24. The maximum absolute atomic E-state index is 12.1. The predicted molar refractivity (Wildman–Crippen MR) is 76.8 cm³/mol. The molecule has 19 heavy (non-hydrogen) atoms. The Morgan fingerprint density at radius 2 is 2.11 bits per heavy atom. The van der Waals surface area contributed by atoms with Gasteiger partial charge in [0.25, 0.3) is 0 Å². The summed E-state index contributed by atoms with van der Waals surface area (Å²) in [5.41, 5.74) is 0. The molecule has 6 heteroatoms. The lowest BCUT2D eigenvalue weighted by molar-refractivity contribution is -0.132. The van der Waals surface area contributed by atoms with Crippen molar-refractivity contribution in [1.82, 2.24) is 10.2 Å². The van der Waals surface area contributed by atoms with Gasteiger partial charge in [-0.25, -0.2) is 8.42 Å². The molecule has 1 saturated heterocycles. The molecule has 0 radical (unpaired) electrons. The minimum Gasteiger partial charge on any atom is -0.339 e. The third-order valence-corrected chi connectivity index (χ3v) is 5.13. The highest BCUT2D eigenvalue weighted by molar-refractivity contribution is 7.91. The van der Waals surface area contributed by atoms with Gasteiger partial charge < -0.3 is 10.2 Å². The molecule has 1 aliphatic rings. The van der Waals surface area contributed by atoms with Crippen LogP contribution in [0, 0.1) is 5.92 Å². The molecule has 0 bridgehead atoms. The van der Waals surface area contributed by atoms with Crippen LogP contribution in [0.4, 0.5) is 0 Å². The zero-order valence-electron chi connectivity index (χ0n) is 12.2. The molecular formula is C13H26N2O3S. The highest BCUT2D eigenvalue weighted by Crippen LogP contribution is 2.18. The summed E-state index contributed by atoms with van der Waals surface area (Å²) in [6.07, 6.45) is 1.03. The van der Waals surface area contributed by atoms with E-state index in [4.69, 9.17) is 0 Å². The Balaban J connectivity index is 2.40. The first kappa shape index (κ1) is 16.4. The smallest absolute Gasteiger partial charge is 0.224 e. The van der Waals surface area contributed by atoms with Crippen LogP contribution < -0.4 is 5.32 Å². The summed E-state index contributed by atoms with van der Waals surface area (Å²) in [4.78, 5) is 13.8. The Morgan fingerprint density at radius 1 is 1.42 bits per heavy atom. The Morgan fingerprint density at radius 3 is 2.58 bits per heavy atom. The summed E-state index contributed by atoms with van der Waals surface area (Å²) < 4.78 is 22.9. The Hall–Kier alpha value is -0.620. The van der Waals surface area contributed by atoms with Crippen molar-refractivity contribution >= 4 is 15.7 Å². The van der Waals surface area contributed by atoms with Crippen LogP contribution in [0.2, 0.25) is 0 Å². The molecule has 1 amide bonds. The van der Waals surface area contributed by atoms with E-state index in [2.05, 4.69) is 19.2 Å². The molecule has 0 aromatic rings. The summed E-state index contributed by atoms with van der Waals surface area (Å²) in [5.74, 6) is 0.970. The highest BCUT2D eigenvalue weighted by atomic mass is 32.2. The van der Waals surface area contributed by atoms with Gasteiger partial charge in [0.05, 0.1) is 11.5 Å². The molecule has 1 fully saturated rings. The normalized spacial score (nSPS) is 21.8. The number of sulfone groups is 1. The van der Waals surface area contributed by atoms with Crippen molar-refractivity contribution in [3.05, 3.63) is 0 Å². The maximum Gasteiger partial charge on any atom is 0.224 e. The van der Waals surface area contributed by atoms with Crippen molar-refractivity contribution in [2.45, 2.75) is 39.7 Å². The van der Waals surface area contributed by atoms with E-state index in [1.807, 2.05) is 6.92 Å². The summed E-state index contributed by atoms with van der Waals surface area (Å²) in [6, 6.07) is -0.118. The van der Waals surface area contributed by atoms with Crippen LogP contribution in [0.15, 0.2) is 0 Å². The van der Waals surface area contributed by atoms with E-state index >= 15 is 0 Å². The molecule has 1 unspecified atom stereocenters. The fourth-order valence-corrected chi connectivity index (χ4v) is 4.12. The van der Waals surface area contributed by atoms with Gasteiger partial charge in [0.15, 0.2) is 9.84 Å². The van der Waals surface area contributed by atoms with Crippen molar-refractivity contribution in [3.8, 4) is 0 Å². The van der Waals surface area contributed by atoms with E-state index < -0.39 is 9.84 Å². The zero-order valence-corrected chi connectivity index (χ0v) is 13.0. The van der Waals surface area contributed by atoms with Crippen molar-refractivity contribution in [1.29, 1.82) is 0 Å². The molecule has 0 spiro atoms. The lowest BCUT2D eigenvalue weighted by atomic mass is 10.2. The monoisotopic (exact) mass is 290 g/mol. The maximum atomic E-state index is 12.1. The first-order valence-electron chi connectivity index (χ1n) is 7.06. The lowest BCUT2D eigenvalue weighted by Crippen LogP contribution is -2.42. The zero-order chi connectivity index (χ0) is 14.5. The summed E-state index contributed by atoms with van der Waals surface area (Å²) in [5, 5.41) is 3.24. The number of hydrogen-bond acceptors (Lipinski definition) is 4. The van der Waals surface area contributed by atoms with E-state index in [-0.39, 0.29) is 23.5 Å². The molecule has 0 aromatic heterocycles. The number of hydrogen-bond donors (Lipinski definition) is 1. The van der Waals surface area contributed by atoms with Gasteiger partial charge in [-0.1, -0.05) is 13.8 Å². The third-order valence-electron chi connectivity index (χ3n) is 3.38. The van der Waals surface area contributed by atoms with Gasteiger partial charge in [-0.3, -0.25) is 4.79 Å². The Labute approximate surface area is 116 Å². The first-order valence-corrected chi connectivity index (χ1v) is 8.88. The van der Waals surface area contributed by atoms with Crippen molar-refractivity contribution in [2.24, 2.45) is 5.92 Å². The fourth-order valence-electron chi connectivity index (χ4n) is 2.39. The minimum absolute atomic E-state index is 0.0563. The number of rotatable bonds is 7. The fraction of sp³-hybridized carbons (Fsp3) is 0.923. The topological polar surface area (TPSA) is 66.5 Å². The molecule has 1 N–H and O–H groups in total. The van der Waals surface area contributed by atoms with Crippen LogP contribution in [0.1, 0.15) is 33.6 Å². The quantitative estimate of drug-likeness (QED) is 0.699. The number of carbonyl (C=O) groups excluding carboxylic acids is 1. The summed E-state index contributed by atoms with van der Waals surface area (Å²) in [6.45, 7) is 8.30. The van der Waals surface area contributed by atoms with Crippen LogP contribution in [-0.4, -0.2) is 56.4 Å². The van der Waals surface area contributed by atoms with Crippen molar-refractivity contribution < 1.29 is 13.2 Å². The van der Waals surface area contributed by atoms with E-state index in [1.165, 1.54) is 0 Å². The second-order valence-corrected chi connectivity index (χ2v) is 7.81. The Bertz CT molecular complexity index is 393. The van der Waals surface area contributed by atoms with Gasteiger partial charge in [-0.15, -0.1) is 0 Å². The van der Waals surface area contributed by atoms with Gasteiger partial charge in [0.1, 0.15) is 0 Å². The molecule has 1 atom stereocenters. The third kappa shape index (κ3) is 5.48. The van der Waals surface area contributed by atoms with Crippen molar-refractivity contribution in [3.63, 3.8) is 0 Å². The molecule has 1 heterocycles. The Kier molecular flexibility index (Phi) is 6.26. The standard InChI is InChI=1S/C13H26N2O3S/c1-4-15(12-6-8-19(17,18)10-12)13(16)5-7-14-9-11(2)3/h11-12,14H,4-10H2,1-3H3. The van der Waals surface area contributed by atoms with E-state index in [0.29, 0.717) is 31.8 Å². The van der Waals surface area contributed by atoms with Crippen LogP contribution >= 0.6 is 0 Å². The second-order valence-electron chi connectivity index (χ2n) is 5.58. The van der Waals surface area contributed by atoms with E-state index in [1.54, 1.807) is 4.90 Å². The molecule has 5 nitrogen and oxygen atoms in total. The molecule has 112 valence electrons. The number of nitrogens with one attached hydrogen (secondary N) is 1. The van der Waals surface area contributed by atoms with E-state index in [0.717, 1.165) is 6.54 Å². The average molecular weight is 290 g/mol. The highest BCUT2D eigenvalue weighted by Gasteiger charge is 2.33. The van der Waals surface area contributed by atoms with Gasteiger partial charge >= 0.3 is 0 Å². The van der Waals surface area contributed by atoms with Gasteiger partial charge in [0, 0.05) is 25.6 Å². The lowest BCUT2D eigenvalue weighted by Gasteiger charge is -2.27. The van der Waals surface area contributed by atoms with Gasteiger partial charge in [0.2, 0.25) is 5.91 Å². The van der Waals surface area contributed by atoms with Crippen LogP contribution in [0.25, 0.3) is 0 Å². The minimum atomic E-state index is -2.93. The van der Waals surface area contributed by atoms with Crippen LogP contribution in [0.3, 0.4) is 0 Å². The molecule has 1 aliphatic heterocycles. The summed E-state index contributed by atoms with van der Waals surface area (Å²) >= 11 is 0. The largest absolute Gasteiger partial charge is 0.339 e. The molecule has 0 aliphatic carbocycles. The molecule has 0 saturated carbocycles. The first-order chi connectivity index (χ1) is 8.85. The van der Waals surface area contributed by atoms with Crippen LogP contribution in [0.5, 0.6) is 0 Å². The number of nitrogens with zero attached hydrogens (tertiary/aromatic N) is 1. The van der Waals surface area contributed by atoms with Crippen molar-refractivity contribution in [2.75, 3.05) is 31.1 Å². The molecule has 0 aromatic carbocycles. The number of amides is 1. The average Bonchev–Trinajstić information content (AvgIpc) is 2.66. The van der Waals surface area contributed by atoms with E-state index in [9.17, 15) is 13.2 Å². The van der Waals surface area contributed by atoms with Gasteiger partial charge in [-0.05, 0) is 25.8 Å². The molecular weight excluding hydrogens is 264 g/mol. The summed E-state index contributed by atoms with van der Waals surface area (Å²) in [7, 11) is -2.93. The van der Waals surface area contributed by atoms with Crippen LogP contribution in [-0.2, 0) is 14.6 Å². The SMILES string of the molecule is CCN(C(=O)CCNCC(C)C)C1CCS(=O)(=O)C1. The molecule has 1 rings (SSSR count).